The fourth-order valence-electron chi connectivity index (χ4n) is 2.91. The summed E-state index contributed by atoms with van der Waals surface area (Å²) in [5.41, 5.74) is 0.359. The normalized spacial score (nSPS) is 21.0. The number of phenols is 1. The van der Waals surface area contributed by atoms with E-state index in [1.165, 1.54) is 0 Å². The van der Waals surface area contributed by atoms with E-state index in [4.69, 9.17) is 11.6 Å². The predicted octanol–water partition coefficient (Wildman–Crippen LogP) is 3.63. The summed E-state index contributed by atoms with van der Waals surface area (Å²) in [6.45, 7) is 0.689. The van der Waals surface area contributed by atoms with Gasteiger partial charge < -0.3 is 10.0 Å². The van der Waals surface area contributed by atoms with E-state index in [1.54, 1.807) is 18.0 Å². The molecule has 4 heteroatoms. The average Bonchev–Trinajstić information content (AvgIpc) is 2.45. The van der Waals surface area contributed by atoms with E-state index in [-0.39, 0.29) is 17.0 Å². The van der Waals surface area contributed by atoms with Crippen molar-refractivity contribution in [3.05, 3.63) is 42.0 Å². The highest BCUT2D eigenvalue weighted by atomic mass is 35.5. The molecule has 1 fully saturated rings. The van der Waals surface area contributed by atoms with Gasteiger partial charge in [0, 0.05) is 24.4 Å². The van der Waals surface area contributed by atoms with Gasteiger partial charge in [-0.05, 0) is 30.2 Å². The molecule has 1 amide bonds. The summed E-state index contributed by atoms with van der Waals surface area (Å²) in [6, 6.07) is 11.1. The first-order valence-corrected chi connectivity index (χ1v) is 7.60. The largest absolute Gasteiger partial charge is 0.506 e. The van der Waals surface area contributed by atoms with Crippen molar-refractivity contribution in [1.29, 1.82) is 0 Å². The van der Waals surface area contributed by atoms with E-state index in [0.717, 1.165) is 18.2 Å². The molecule has 0 heterocycles. The van der Waals surface area contributed by atoms with Crippen LogP contribution in [0.5, 0.6) is 5.75 Å². The molecule has 0 aromatic heterocycles. The van der Waals surface area contributed by atoms with Crippen molar-refractivity contribution in [2.45, 2.75) is 18.2 Å². The first-order chi connectivity index (χ1) is 10.1. The molecule has 2 aromatic carbocycles. The fourth-order valence-corrected chi connectivity index (χ4v) is 3.41. The molecule has 3 rings (SSSR count). The highest BCUT2D eigenvalue weighted by Gasteiger charge is 2.29. The van der Waals surface area contributed by atoms with Crippen molar-refractivity contribution >= 4 is 28.3 Å². The molecule has 0 atom stereocenters. The van der Waals surface area contributed by atoms with E-state index in [1.807, 2.05) is 30.3 Å². The molecule has 110 valence electrons. The molecule has 21 heavy (non-hydrogen) atoms. The summed E-state index contributed by atoms with van der Waals surface area (Å²) in [6.07, 6.45) is 1.92. The Morgan fingerprint density at radius 3 is 2.71 bits per heavy atom. The number of alkyl halides is 1. The number of fused-ring (bicyclic) bond motifs is 1. The number of benzene rings is 2. The number of halogens is 1. The molecular formula is C17H18ClNO2. The highest BCUT2D eigenvalue weighted by molar-refractivity contribution is 6.21. The van der Waals surface area contributed by atoms with Crippen molar-refractivity contribution in [3.63, 3.8) is 0 Å². The van der Waals surface area contributed by atoms with E-state index < -0.39 is 0 Å². The van der Waals surface area contributed by atoms with E-state index in [0.29, 0.717) is 23.4 Å². The summed E-state index contributed by atoms with van der Waals surface area (Å²) in [7, 11) is 1.78. The van der Waals surface area contributed by atoms with Crippen LogP contribution in [0.15, 0.2) is 36.4 Å². The summed E-state index contributed by atoms with van der Waals surface area (Å²) in [5.74, 6) is 0.397. The number of phenolic OH excluding ortho intramolecular Hbond substituents is 1. The van der Waals surface area contributed by atoms with Crippen molar-refractivity contribution in [2.24, 2.45) is 5.92 Å². The molecule has 0 spiro atoms. The number of amides is 1. The third kappa shape index (κ3) is 2.70. The maximum absolute atomic E-state index is 12.5. The zero-order valence-electron chi connectivity index (χ0n) is 11.9. The Hall–Kier alpha value is -1.74. The Labute approximate surface area is 129 Å². The van der Waals surface area contributed by atoms with Crippen LogP contribution in [0.3, 0.4) is 0 Å². The van der Waals surface area contributed by atoms with Crippen LogP contribution >= 0.6 is 11.6 Å². The first-order valence-electron chi connectivity index (χ1n) is 7.16. The second-order valence-corrected chi connectivity index (χ2v) is 6.42. The number of rotatable bonds is 3. The minimum Gasteiger partial charge on any atom is -0.506 e. The lowest BCUT2D eigenvalue weighted by Crippen LogP contribution is -2.37. The molecule has 0 radical (unpaired) electrons. The van der Waals surface area contributed by atoms with Gasteiger partial charge in [-0.25, -0.2) is 0 Å². The van der Waals surface area contributed by atoms with Crippen molar-refractivity contribution < 1.29 is 9.90 Å². The first kappa shape index (κ1) is 14.2. The number of carbonyl (C=O) groups excluding carboxylic acids is 1. The Morgan fingerprint density at radius 2 is 2.00 bits per heavy atom. The summed E-state index contributed by atoms with van der Waals surface area (Å²) < 4.78 is 0. The van der Waals surface area contributed by atoms with Crippen molar-refractivity contribution in [1.82, 2.24) is 4.90 Å². The zero-order chi connectivity index (χ0) is 15.0. The molecular weight excluding hydrogens is 286 g/mol. The molecule has 1 aliphatic rings. The second-order valence-electron chi connectivity index (χ2n) is 5.80. The van der Waals surface area contributed by atoms with Crippen LogP contribution < -0.4 is 0 Å². The molecule has 2 aromatic rings. The third-order valence-electron chi connectivity index (χ3n) is 4.19. The minimum absolute atomic E-state index is 0.0637. The van der Waals surface area contributed by atoms with Crippen molar-refractivity contribution in [3.8, 4) is 5.75 Å². The number of hydrogen-bond donors (Lipinski definition) is 1. The summed E-state index contributed by atoms with van der Waals surface area (Å²) in [5, 5.41) is 12.2. The molecule has 3 nitrogen and oxygen atoms in total. The summed E-state index contributed by atoms with van der Waals surface area (Å²) in [4.78, 5) is 14.2. The van der Waals surface area contributed by atoms with Gasteiger partial charge in [-0.15, -0.1) is 11.6 Å². The lowest BCUT2D eigenvalue weighted by molar-refractivity contribution is 0.0744. The highest BCUT2D eigenvalue weighted by Crippen LogP contribution is 2.33. The van der Waals surface area contributed by atoms with Crippen LogP contribution in [0.2, 0.25) is 0 Å². The fraction of sp³-hybridized carbons (Fsp3) is 0.353. The standard InChI is InChI=1S/C17H18ClNO2/c1-19(10-11-8-13(18)9-11)17(21)15-7-6-12-4-2-3-5-14(12)16(15)20/h2-7,11,13,20H,8-10H2,1H3. The molecule has 0 aliphatic heterocycles. The number of carbonyl (C=O) groups is 1. The topological polar surface area (TPSA) is 40.5 Å². The average molecular weight is 304 g/mol. The third-order valence-corrected chi connectivity index (χ3v) is 4.54. The van der Waals surface area contributed by atoms with Gasteiger partial charge in [-0.3, -0.25) is 4.79 Å². The van der Waals surface area contributed by atoms with Gasteiger partial charge >= 0.3 is 0 Å². The minimum atomic E-state index is -0.142. The monoisotopic (exact) mass is 303 g/mol. The Kier molecular flexibility index (Phi) is 3.77. The van der Waals surface area contributed by atoms with E-state index >= 15 is 0 Å². The molecule has 0 bridgehead atoms. The van der Waals surface area contributed by atoms with Gasteiger partial charge in [0.25, 0.3) is 5.91 Å². The lowest BCUT2D eigenvalue weighted by atomic mass is 9.84. The summed E-state index contributed by atoms with van der Waals surface area (Å²) >= 11 is 5.97. The van der Waals surface area contributed by atoms with Gasteiger partial charge in [0.05, 0.1) is 5.56 Å². The van der Waals surface area contributed by atoms with E-state index in [9.17, 15) is 9.90 Å². The predicted molar refractivity (Wildman–Crippen MR) is 84.9 cm³/mol. The number of aromatic hydroxyl groups is 1. The van der Waals surface area contributed by atoms with E-state index in [2.05, 4.69) is 0 Å². The SMILES string of the molecule is CN(CC1CC(Cl)C1)C(=O)c1ccc2ccccc2c1O. The van der Waals surface area contributed by atoms with Crippen LogP contribution in [0.4, 0.5) is 0 Å². The second kappa shape index (κ2) is 5.57. The molecule has 1 aliphatic carbocycles. The smallest absolute Gasteiger partial charge is 0.257 e. The van der Waals surface area contributed by atoms with Gasteiger partial charge in [0.2, 0.25) is 0 Å². The zero-order valence-corrected chi connectivity index (χ0v) is 12.7. The maximum atomic E-state index is 12.5. The van der Waals surface area contributed by atoms with Gasteiger partial charge in [-0.2, -0.15) is 0 Å². The Bertz CT molecular complexity index is 680. The van der Waals surface area contributed by atoms with Gasteiger partial charge in [0.1, 0.15) is 5.75 Å². The molecule has 1 saturated carbocycles. The van der Waals surface area contributed by atoms with Crippen LogP contribution in [0, 0.1) is 5.92 Å². The van der Waals surface area contributed by atoms with Crippen molar-refractivity contribution in [2.75, 3.05) is 13.6 Å². The van der Waals surface area contributed by atoms with Crippen LogP contribution in [-0.2, 0) is 0 Å². The van der Waals surface area contributed by atoms with Crippen LogP contribution in [0.1, 0.15) is 23.2 Å². The Balaban J connectivity index is 1.82. The van der Waals surface area contributed by atoms with Crippen LogP contribution in [-0.4, -0.2) is 34.9 Å². The molecule has 0 saturated heterocycles. The quantitative estimate of drug-likeness (QED) is 0.880. The van der Waals surface area contributed by atoms with Crippen LogP contribution in [0.25, 0.3) is 10.8 Å². The lowest BCUT2D eigenvalue weighted by Gasteiger charge is -2.34. The number of nitrogens with zero attached hydrogens (tertiary/aromatic N) is 1. The van der Waals surface area contributed by atoms with Gasteiger partial charge in [0.15, 0.2) is 0 Å². The van der Waals surface area contributed by atoms with Gasteiger partial charge in [-0.1, -0.05) is 30.3 Å². The number of hydrogen-bond acceptors (Lipinski definition) is 2. The Morgan fingerprint density at radius 1 is 1.29 bits per heavy atom. The molecule has 0 unspecified atom stereocenters. The molecule has 1 N–H and O–H groups in total. The maximum Gasteiger partial charge on any atom is 0.257 e.